The summed E-state index contributed by atoms with van der Waals surface area (Å²) in [5, 5.41) is 2.99. The highest BCUT2D eigenvalue weighted by Crippen LogP contribution is 2.28. The SMILES string of the molecule is Cc1cc(NC(=O)c2ccccc2OC2CCCC2)ccc1N(C)C. The Morgan fingerprint density at radius 2 is 1.84 bits per heavy atom. The molecule has 0 atom stereocenters. The van der Waals surface area contributed by atoms with E-state index in [1.165, 1.54) is 12.8 Å². The van der Waals surface area contributed by atoms with Gasteiger partial charge in [0.25, 0.3) is 5.91 Å². The third kappa shape index (κ3) is 4.13. The molecule has 25 heavy (non-hydrogen) atoms. The van der Waals surface area contributed by atoms with Crippen LogP contribution in [0.5, 0.6) is 5.75 Å². The number of amides is 1. The number of aryl methyl sites for hydroxylation is 1. The number of hydrogen-bond donors (Lipinski definition) is 1. The van der Waals surface area contributed by atoms with Gasteiger partial charge in [-0.3, -0.25) is 4.79 Å². The Bertz CT molecular complexity index is 749. The second-order valence-corrected chi connectivity index (χ2v) is 6.87. The Kier molecular flexibility index (Phi) is 5.27. The van der Waals surface area contributed by atoms with Crippen LogP contribution in [0.15, 0.2) is 42.5 Å². The van der Waals surface area contributed by atoms with E-state index in [0.717, 1.165) is 29.8 Å². The van der Waals surface area contributed by atoms with E-state index in [2.05, 4.69) is 10.2 Å². The minimum absolute atomic E-state index is 0.134. The fourth-order valence-corrected chi connectivity index (χ4v) is 3.38. The van der Waals surface area contributed by atoms with Crippen LogP contribution in [0.3, 0.4) is 0 Å². The average Bonchev–Trinajstić information content (AvgIpc) is 3.08. The molecule has 4 nitrogen and oxygen atoms in total. The first-order valence-electron chi connectivity index (χ1n) is 8.89. The molecule has 1 N–H and O–H groups in total. The number of anilines is 2. The molecule has 1 fully saturated rings. The number of benzene rings is 2. The third-order valence-electron chi connectivity index (χ3n) is 4.66. The van der Waals surface area contributed by atoms with Crippen molar-refractivity contribution in [2.24, 2.45) is 0 Å². The van der Waals surface area contributed by atoms with Crippen molar-refractivity contribution >= 4 is 17.3 Å². The number of nitrogens with one attached hydrogen (secondary N) is 1. The van der Waals surface area contributed by atoms with Gasteiger partial charge in [0.1, 0.15) is 5.75 Å². The van der Waals surface area contributed by atoms with Gasteiger partial charge in [-0.2, -0.15) is 0 Å². The van der Waals surface area contributed by atoms with Crippen LogP contribution in [0.2, 0.25) is 0 Å². The van der Waals surface area contributed by atoms with Crippen LogP contribution in [0, 0.1) is 6.92 Å². The van der Waals surface area contributed by atoms with Crippen LogP contribution < -0.4 is 15.0 Å². The molecule has 1 saturated carbocycles. The van der Waals surface area contributed by atoms with Crippen molar-refractivity contribution in [3.63, 3.8) is 0 Å². The average molecular weight is 338 g/mol. The van der Waals surface area contributed by atoms with Gasteiger partial charge < -0.3 is 15.0 Å². The number of carbonyl (C=O) groups is 1. The zero-order valence-corrected chi connectivity index (χ0v) is 15.2. The molecule has 1 aliphatic rings. The topological polar surface area (TPSA) is 41.6 Å². The standard InChI is InChI=1S/C21H26N2O2/c1-15-14-16(12-13-19(15)23(2)3)22-21(24)18-10-6-7-11-20(18)25-17-8-4-5-9-17/h6-7,10-14,17H,4-5,8-9H2,1-3H3,(H,22,24). The quantitative estimate of drug-likeness (QED) is 0.864. The highest BCUT2D eigenvalue weighted by Gasteiger charge is 2.20. The number of carbonyl (C=O) groups excluding carboxylic acids is 1. The molecule has 0 aromatic heterocycles. The van der Waals surface area contributed by atoms with E-state index in [1.54, 1.807) is 0 Å². The number of para-hydroxylation sites is 1. The second kappa shape index (κ2) is 7.60. The Morgan fingerprint density at radius 1 is 1.12 bits per heavy atom. The van der Waals surface area contributed by atoms with E-state index < -0.39 is 0 Å². The molecular formula is C21H26N2O2. The molecule has 0 radical (unpaired) electrons. The maximum absolute atomic E-state index is 12.7. The molecule has 0 heterocycles. The van der Waals surface area contributed by atoms with E-state index in [4.69, 9.17) is 4.74 Å². The number of rotatable bonds is 5. The molecule has 132 valence electrons. The Morgan fingerprint density at radius 3 is 2.52 bits per heavy atom. The predicted molar refractivity (Wildman–Crippen MR) is 103 cm³/mol. The van der Waals surface area contributed by atoms with Gasteiger partial charge in [-0.25, -0.2) is 0 Å². The van der Waals surface area contributed by atoms with E-state index in [9.17, 15) is 4.79 Å². The smallest absolute Gasteiger partial charge is 0.259 e. The van der Waals surface area contributed by atoms with Crippen LogP contribution in [0.1, 0.15) is 41.6 Å². The van der Waals surface area contributed by atoms with Gasteiger partial charge in [0, 0.05) is 25.5 Å². The molecule has 4 heteroatoms. The van der Waals surface area contributed by atoms with Gasteiger partial charge >= 0.3 is 0 Å². The molecule has 0 aliphatic heterocycles. The van der Waals surface area contributed by atoms with Gasteiger partial charge in [-0.1, -0.05) is 12.1 Å². The zero-order chi connectivity index (χ0) is 17.8. The largest absolute Gasteiger partial charge is 0.490 e. The fourth-order valence-electron chi connectivity index (χ4n) is 3.38. The van der Waals surface area contributed by atoms with Crippen molar-refractivity contribution < 1.29 is 9.53 Å². The van der Waals surface area contributed by atoms with Crippen LogP contribution in [-0.4, -0.2) is 26.1 Å². The summed E-state index contributed by atoms with van der Waals surface area (Å²) in [6, 6.07) is 13.4. The van der Waals surface area contributed by atoms with Crippen molar-refractivity contribution in [2.75, 3.05) is 24.3 Å². The molecule has 0 bridgehead atoms. The van der Waals surface area contributed by atoms with Crippen LogP contribution in [-0.2, 0) is 0 Å². The zero-order valence-electron chi connectivity index (χ0n) is 15.2. The minimum atomic E-state index is -0.134. The maximum Gasteiger partial charge on any atom is 0.259 e. The lowest BCUT2D eigenvalue weighted by Crippen LogP contribution is -2.17. The van der Waals surface area contributed by atoms with Gasteiger partial charge in [-0.05, 0) is 68.5 Å². The molecule has 0 spiro atoms. The van der Waals surface area contributed by atoms with Crippen molar-refractivity contribution in [2.45, 2.75) is 38.7 Å². The fraction of sp³-hybridized carbons (Fsp3) is 0.381. The lowest BCUT2D eigenvalue weighted by molar-refractivity contribution is 0.101. The maximum atomic E-state index is 12.7. The van der Waals surface area contributed by atoms with E-state index in [-0.39, 0.29) is 12.0 Å². The monoisotopic (exact) mass is 338 g/mol. The van der Waals surface area contributed by atoms with Crippen LogP contribution in [0.4, 0.5) is 11.4 Å². The summed E-state index contributed by atoms with van der Waals surface area (Å²) < 4.78 is 6.07. The van der Waals surface area contributed by atoms with Crippen molar-refractivity contribution in [1.29, 1.82) is 0 Å². The summed E-state index contributed by atoms with van der Waals surface area (Å²) in [5.74, 6) is 0.541. The molecule has 0 saturated heterocycles. The molecule has 1 aliphatic carbocycles. The van der Waals surface area contributed by atoms with E-state index >= 15 is 0 Å². The molecule has 0 unspecified atom stereocenters. The van der Waals surface area contributed by atoms with Crippen LogP contribution in [0.25, 0.3) is 0 Å². The van der Waals surface area contributed by atoms with Gasteiger partial charge in [-0.15, -0.1) is 0 Å². The minimum Gasteiger partial charge on any atom is -0.490 e. The van der Waals surface area contributed by atoms with Gasteiger partial charge in [0.05, 0.1) is 11.7 Å². The summed E-state index contributed by atoms with van der Waals surface area (Å²) in [6.07, 6.45) is 4.78. The molecule has 1 amide bonds. The summed E-state index contributed by atoms with van der Waals surface area (Å²) in [5.41, 5.74) is 3.65. The number of nitrogens with zero attached hydrogens (tertiary/aromatic N) is 1. The van der Waals surface area contributed by atoms with E-state index in [0.29, 0.717) is 11.3 Å². The lowest BCUT2D eigenvalue weighted by Gasteiger charge is -2.18. The summed E-state index contributed by atoms with van der Waals surface area (Å²) >= 11 is 0. The van der Waals surface area contributed by atoms with Crippen molar-refractivity contribution in [3.8, 4) is 5.75 Å². The van der Waals surface area contributed by atoms with Crippen molar-refractivity contribution in [3.05, 3.63) is 53.6 Å². The van der Waals surface area contributed by atoms with Crippen molar-refractivity contribution in [1.82, 2.24) is 0 Å². The molecule has 3 rings (SSSR count). The Labute approximate surface area is 149 Å². The molecule has 2 aromatic carbocycles. The summed E-state index contributed by atoms with van der Waals surface area (Å²) in [6.45, 7) is 2.04. The second-order valence-electron chi connectivity index (χ2n) is 6.87. The van der Waals surface area contributed by atoms with Crippen LogP contribution >= 0.6 is 0 Å². The lowest BCUT2D eigenvalue weighted by atomic mass is 10.1. The van der Waals surface area contributed by atoms with Gasteiger partial charge in [0.15, 0.2) is 0 Å². The predicted octanol–water partition coefficient (Wildman–Crippen LogP) is 4.63. The third-order valence-corrected chi connectivity index (χ3v) is 4.66. The first-order valence-corrected chi connectivity index (χ1v) is 8.89. The normalized spacial score (nSPS) is 14.4. The Hall–Kier alpha value is -2.49. The molecule has 2 aromatic rings. The van der Waals surface area contributed by atoms with E-state index in [1.807, 2.05) is 63.5 Å². The first-order chi connectivity index (χ1) is 12.0. The first kappa shape index (κ1) is 17.3. The highest BCUT2D eigenvalue weighted by atomic mass is 16.5. The molecular weight excluding hydrogens is 312 g/mol. The summed E-state index contributed by atoms with van der Waals surface area (Å²) in [7, 11) is 4.02. The Balaban J connectivity index is 1.76. The summed E-state index contributed by atoms with van der Waals surface area (Å²) in [4.78, 5) is 14.8. The number of ether oxygens (including phenoxy) is 1. The number of hydrogen-bond acceptors (Lipinski definition) is 3. The van der Waals surface area contributed by atoms with Gasteiger partial charge in [0.2, 0.25) is 0 Å². The highest BCUT2D eigenvalue weighted by molar-refractivity contribution is 6.06.